The zero-order valence-corrected chi connectivity index (χ0v) is 23.2. The van der Waals surface area contributed by atoms with Gasteiger partial charge in [0.15, 0.2) is 0 Å². The molecule has 0 bridgehead atoms. The van der Waals surface area contributed by atoms with Crippen LogP contribution in [0.1, 0.15) is 30.1 Å². The highest BCUT2D eigenvalue weighted by molar-refractivity contribution is 7.92. The fourth-order valence-electron chi connectivity index (χ4n) is 4.14. The summed E-state index contributed by atoms with van der Waals surface area (Å²) in [7, 11) is -3.87. The molecule has 0 saturated carbocycles. The number of carboxylic acid groups (broad SMARTS) is 1. The molecule has 2 aromatic rings. The van der Waals surface area contributed by atoms with Gasteiger partial charge in [0, 0.05) is 44.9 Å². The van der Waals surface area contributed by atoms with Gasteiger partial charge in [-0.2, -0.15) is 13.2 Å². The molecule has 2 heterocycles. The Morgan fingerprint density at radius 2 is 1.80 bits per heavy atom. The molecule has 1 unspecified atom stereocenters. The van der Waals surface area contributed by atoms with Crippen LogP contribution in [0.4, 0.5) is 24.5 Å². The van der Waals surface area contributed by atoms with Crippen molar-refractivity contribution in [3.8, 4) is 5.75 Å². The van der Waals surface area contributed by atoms with E-state index in [1.807, 2.05) is 13.0 Å². The molecule has 4 rings (SSSR count). The van der Waals surface area contributed by atoms with E-state index in [0.29, 0.717) is 30.2 Å². The third-order valence-electron chi connectivity index (χ3n) is 6.16. The van der Waals surface area contributed by atoms with Gasteiger partial charge in [0.1, 0.15) is 5.75 Å². The minimum absolute atomic E-state index is 0.0294. The van der Waals surface area contributed by atoms with Gasteiger partial charge in [0.05, 0.1) is 29.0 Å². The van der Waals surface area contributed by atoms with Crippen LogP contribution < -0.4 is 25.0 Å². The maximum atomic E-state index is 13.2. The molecule has 0 aliphatic carbocycles. The summed E-state index contributed by atoms with van der Waals surface area (Å²) in [5, 5.41) is 13.3. The summed E-state index contributed by atoms with van der Waals surface area (Å²) in [5.74, 6) is -2.41. The third-order valence-corrected chi connectivity index (χ3v) is 7.54. The number of hydrogen-bond donors (Lipinski definition) is 4. The number of anilines is 2. The van der Waals surface area contributed by atoms with Gasteiger partial charge < -0.3 is 30.1 Å². The number of halogens is 3. The normalized spacial score (nSPS) is 17.3. The minimum Gasteiger partial charge on any atom is -0.494 e. The van der Waals surface area contributed by atoms with Gasteiger partial charge in [-0.15, -0.1) is 0 Å². The van der Waals surface area contributed by atoms with Crippen LogP contribution in [0.5, 0.6) is 5.75 Å². The zero-order chi connectivity index (χ0) is 30.0. The molecule has 0 aromatic heterocycles. The summed E-state index contributed by atoms with van der Waals surface area (Å²) in [6.07, 6.45) is -3.13. The number of nitrogens with one attached hydrogen (secondary N) is 3. The number of benzene rings is 2. The van der Waals surface area contributed by atoms with E-state index >= 15 is 0 Å². The molecule has 1 atom stereocenters. The van der Waals surface area contributed by atoms with Gasteiger partial charge in [-0.05, 0) is 62.2 Å². The summed E-state index contributed by atoms with van der Waals surface area (Å²) in [6, 6.07) is 11.4. The summed E-state index contributed by atoms with van der Waals surface area (Å²) >= 11 is 0. The number of carboxylic acids is 1. The van der Waals surface area contributed by atoms with E-state index in [-0.39, 0.29) is 16.9 Å². The molecule has 2 fully saturated rings. The third kappa shape index (κ3) is 9.50. The van der Waals surface area contributed by atoms with Gasteiger partial charge >= 0.3 is 12.1 Å². The quantitative estimate of drug-likeness (QED) is 0.340. The summed E-state index contributed by atoms with van der Waals surface area (Å²) in [6.45, 7) is 6.60. The second-order valence-corrected chi connectivity index (χ2v) is 10.8. The molecular formula is C26H33F3N4O7S. The second-order valence-electron chi connectivity index (χ2n) is 9.13. The maximum Gasteiger partial charge on any atom is 0.490 e. The van der Waals surface area contributed by atoms with Gasteiger partial charge in [-0.3, -0.25) is 9.52 Å². The molecule has 2 aliphatic rings. The zero-order valence-electron chi connectivity index (χ0n) is 22.4. The molecule has 41 heavy (non-hydrogen) atoms. The van der Waals surface area contributed by atoms with Crippen molar-refractivity contribution in [1.82, 2.24) is 10.6 Å². The number of ether oxygens (including phenoxy) is 2. The van der Waals surface area contributed by atoms with Crippen molar-refractivity contribution in [3.63, 3.8) is 0 Å². The highest BCUT2D eigenvalue weighted by atomic mass is 32.2. The van der Waals surface area contributed by atoms with Gasteiger partial charge in [0.2, 0.25) is 0 Å². The first kappa shape index (κ1) is 32.0. The molecule has 0 spiro atoms. The van der Waals surface area contributed by atoms with Crippen molar-refractivity contribution in [2.75, 3.05) is 55.6 Å². The Morgan fingerprint density at radius 3 is 2.37 bits per heavy atom. The Hall–Kier alpha value is -3.56. The lowest BCUT2D eigenvalue weighted by atomic mass is 10.1. The van der Waals surface area contributed by atoms with Crippen molar-refractivity contribution in [1.29, 1.82) is 0 Å². The molecular weight excluding hydrogens is 569 g/mol. The molecule has 4 N–H and O–H groups in total. The number of rotatable bonds is 9. The van der Waals surface area contributed by atoms with Crippen LogP contribution in [0.25, 0.3) is 0 Å². The van der Waals surface area contributed by atoms with Crippen LogP contribution in [0.3, 0.4) is 0 Å². The van der Waals surface area contributed by atoms with Crippen LogP contribution in [0.15, 0.2) is 47.4 Å². The Bertz CT molecular complexity index is 1280. The standard InChI is InChI=1S/C24H32N4O5S.C2HF3O2/c1-2-32-19-6-8-21(9-7-19)34(30,31)27-22-16-18(24(29)26-17-20-4-3-15-33-20)5-10-23(22)28-13-11-25-12-14-28;3-2(4,5)1(6)7/h5-10,16,20,25,27H,2-4,11-15,17H2,1H3,(H,26,29);(H,6,7). The number of carbonyl (C=O) groups is 2. The van der Waals surface area contributed by atoms with Crippen LogP contribution in [0.2, 0.25) is 0 Å². The van der Waals surface area contributed by atoms with E-state index in [9.17, 15) is 26.4 Å². The molecule has 15 heteroatoms. The van der Waals surface area contributed by atoms with E-state index < -0.39 is 22.2 Å². The molecule has 2 saturated heterocycles. The summed E-state index contributed by atoms with van der Waals surface area (Å²) in [5.41, 5.74) is 1.51. The van der Waals surface area contributed by atoms with Crippen molar-refractivity contribution >= 4 is 33.3 Å². The molecule has 11 nitrogen and oxygen atoms in total. The Morgan fingerprint density at radius 1 is 1.15 bits per heavy atom. The monoisotopic (exact) mass is 602 g/mol. The number of carbonyl (C=O) groups excluding carboxylic acids is 1. The average molecular weight is 603 g/mol. The molecule has 2 aromatic carbocycles. The van der Waals surface area contributed by atoms with Crippen molar-refractivity contribution in [3.05, 3.63) is 48.0 Å². The number of alkyl halides is 3. The topological polar surface area (TPSA) is 146 Å². The smallest absolute Gasteiger partial charge is 0.490 e. The number of piperazine rings is 1. The molecule has 226 valence electrons. The highest BCUT2D eigenvalue weighted by Gasteiger charge is 2.38. The number of sulfonamides is 1. The molecule has 0 radical (unpaired) electrons. The molecule has 2 aliphatic heterocycles. The van der Waals surface area contributed by atoms with Crippen molar-refractivity contribution in [2.24, 2.45) is 0 Å². The fraction of sp³-hybridized carbons (Fsp3) is 0.462. The highest BCUT2D eigenvalue weighted by Crippen LogP contribution is 2.30. The van der Waals surface area contributed by atoms with E-state index in [1.54, 1.807) is 24.3 Å². The first-order valence-corrected chi connectivity index (χ1v) is 14.4. The second kappa shape index (κ2) is 14.4. The van der Waals surface area contributed by atoms with E-state index in [1.165, 1.54) is 12.1 Å². The fourth-order valence-corrected chi connectivity index (χ4v) is 5.21. The lowest BCUT2D eigenvalue weighted by Crippen LogP contribution is -2.43. The van der Waals surface area contributed by atoms with Crippen LogP contribution in [-0.2, 0) is 19.6 Å². The van der Waals surface area contributed by atoms with Crippen LogP contribution >= 0.6 is 0 Å². The van der Waals surface area contributed by atoms with E-state index in [4.69, 9.17) is 19.4 Å². The number of hydrogen-bond acceptors (Lipinski definition) is 8. The van der Waals surface area contributed by atoms with Crippen molar-refractivity contribution in [2.45, 2.75) is 36.9 Å². The predicted molar refractivity (Wildman–Crippen MR) is 145 cm³/mol. The van der Waals surface area contributed by atoms with E-state index in [2.05, 4.69) is 20.3 Å². The van der Waals surface area contributed by atoms with Gasteiger partial charge in [0.25, 0.3) is 15.9 Å². The number of aliphatic carboxylic acids is 1. The van der Waals surface area contributed by atoms with Crippen LogP contribution in [-0.4, -0.2) is 83.6 Å². The molecule has 1 amide bonds. The number of amides is 1. The van der Waals surface area contributed by atoms with Crippen molar-refractivity contribution < 1.29 is 45.8 Å². The average Bonchev–Trinajstić information content (AvgIpc) is 3.46. The lowest BCUT2D eigenvalue weighted by molar-refractivity contribution is -0.192. The summed E-state index contributed by atoms with van der Waals surface area (Å²) in [4.78, 5) is 23.9. The van der Waals surface area contributed by atoms with Crippen LogP contribution in [0, 0.1) is 0 Å². The first-order valence-electron chi connectivity index (χ1n) is 13.0. The number of nitrogens with zero attached hydrogens (tertiary/aromatic N) is 1. The lowest BCUT2D eigenvalue weighted by Gasteiger charge is -2.31. The summed E-state index contributed by atoms with van der Waals surface area (Å²) < 4.78 is 71.8. The van der Waals surface area contributed by atoms with Gasteiger partial charge in [-0.25, -0.2) is 13.2 Å². The maximum absolute atomic E-state index is 13.2. The largest absolute Gasteiger partial charge is 0.494 e. The SMILES string of the molecule is CCOc1ccc(S(=O)(=O)Nc2cc(C(=O)NCC3CCCO3)ccc2N2CCNCC2)cc1.O=C(O)C(F)(F)F. The first-order chi connectivity index (χ1) is 19.4. The Labute approximate surface area is 236 Å². The van der Waals surface area contributed by atoms with Gasteiger partial charge in [-0.1, -0.05) is 0 Å². The Balaban J connectivity index is 0.000000587. The van der Waals surface area contributed by atoms with E-state index in [0.717, 1.165) is 51.3 Å². The predicted octanol–water partition coefficient (Wildman–Crippen LogP) is 2.84. The minimum atomic E-state index is -5.08. The Kier molecular flexibility index (Phi) is 11.2.